The van der Waals surface area contributed by atoms with Crippen LogP contribution < -0.4 is 10.2 Å². The molecule has 0 spiro atoms. The molecule has 0 unspecified atom stereocenters. The van der Waals surface area contributed by atoms with Gasteiger partial charge in [0.2, 0.25) is 5.91 Å². The summed E-state index contributed by atoms with van der Waals surface area (Å²) in [6.07, 6.45) is 0. The Bertz CT molecular complexity index is 731. The molecule has 1 aliphatic heterocycles. The fourth-order valence-corrected chi connectivity index (χ4v) is 2.86. The van der Waals surface area contributed by atoms with E-state index < -0.39 is 6.04 Å². The molecule has 0 saturated heterocycles. The van der Waals surface area contributed by atoms with E-state index in [1.54, 1.807) is 17.0 Å². The maximum atomic E-state index is 12.7. The van der Waals surface area contributed by atoms with Crippen LogP contribution in [-0.2, 0) is 16.1 Å². The highest BCUT2D eigenvalue weighted by molar-refractivity contribution is 6.31. The Morgan fingerprint density at radius 3 is 2.64 bits per heavy atom. The lowest BCUT2D eigenvalue weighted by Crippen LogP contribution is -2.36. The van der Waals surface area contributed by atoms with Crippen LogP contribution in [0, 0.1) is 0 Å². The van der Waals surface area contributed by atoms with Crippen molar-refractivity contribution in [3.63, 3.8) is 0 Å². The largest absolute Gasteiger partial charge is 0.341 e. The zero-order valence-corrected chi connectivity index (χ0v) is 12.8. The Hall–Kier alpha value is -2.33. The third-order valence-corrected chi connectivity index (χ3v) is 3.87. The van der Waals surface area contributed by atoms with E-state index in [9.17, 15) is 9.59 Å². The minimum atomic E-state index is -0.671. The minimum Gasteiger partial charge on any atom is -0.341 e. The average Bonchev–Trinajstić information content (AvgIpc) is 2.73. The number of halogens is 1. The van der Waals surface area contributed by atoms with Gasteiger partial charge in [0.25, 0.3) is 5.91 Å². The summed E-state index contributed by atoms with van der Waals surface area (Å²) < 4.78 is 0. The Kier molecular flexibility index (Phi) is 3.86. The van der Waals surface area contributed by atoms with Crippen LogP contribution >= 0.6 is 11.6 Å². The van der Waals surface area contributed by atoms with Gasteiger partial charge in [-0.05, 0) is 23.8 Å². The molecule has 1 heterocycles. The summed E-state index contributed by atoms with van der Waals surface area (Å²) in [6, 6.07) is 14.4. The first-order chi connectivity index (χ1) is 10.6. The van der Waals surface area contributed by atoms with E-state index in [1.807, 2.05) is 36.4 Å². The molecule has 0 radical (unpaired) electrons. The molecule has 1 atom stereocenters. The van der Waals surface area contributed by atoms with Crippen molar-refractivity contribution in [1.29, 1.82) is 0 Å². The van der Waals surface area contributed by atoms with Crippen LogP contribution in [0.4, 0.5) is 5.69 Å². The van der Waals surface area contributed by atoms with Crippen molar-refractivity contribution in [3.05, 3.63) is 64.7 Å². The topological polar surface area (TPSA) is 49.4 Å². The van der Waals surface area contributed by atoms with Gasteiger partial charge in [-0.15, -0.1) is 0 Å². The molecule has 3 rings (SSSR count). The first-order valence-corrected chi connectivity index (χ1v) is 7.36. The summed E-state index contributed by atoms with van der Waals surface area (Å²) in [4.78, 5) is 25.8. The van der Waals surface area contributed by atoms with Crippen LogP contribution in [0.5, 0.6) is 0 Å². The lowest BCUT2D eigenvalue weighted by atomic mass is 10.1. The van der Waals surface area contributed by atoms with Gasteiger partial charge >= 0.3 is 0 Å². The van der Waals surface area contributed by atoms with Crippen molar-refractivity contribution < 1.29 is 9.59 Å². The first kappa shape index (κ1) is 14.6. The molecule has 0 aliphatic carbocycles. The number of hydrogen-bond donors (Lipinski definition) is 1. The van der Waals surface area contributed by atoms with Crippen LogP contribution in [0.2, 0.25) is 5.02 Å². The summed E-state index contributed by atoms with van der Waals surface area (Å²) in [6.45, 7) is 1.86. The summed E-state index contributed by atoms with van der Waals surface area (Å²) in [7, 11) is 0. The van der Waals surface area contributed by atoms with Crippen LogP contribution in [0.3, 0.4) is 0 Å². The Morgan fingerprint density at radius 1 is 1.23 bits per heavy atom. The molecule has 0 saturated carbocycles. The monoisotopic (exact) mass is 314 g/mol. The Morgan fingerprint density at radius 2 is 1.95 bits per heavy atom. The highest BCUT2D eigenvalue weighted by atomic mass is 35.5. The Labute approximate surface area is 133 Å². The van der Waals surface area contributed by atoms with Crippen LogP contribution in [0.1, 0.15) is 24.1 Å². The number of rotatable bonds is 3. The second kappa shape index (κ2) is 5.81. The molecule has 22 heavy (non-hydrogen) atoms. The molecule has 5 heteroatoms. The average molecular weight is 315 g/mol. The van der Waals surface area contributed by atoms with Gasteiger partial charge in [-0.1, -0.05) is 41.9 Å². The second-order valence-electron chi connectivity index (χ2n) is 5.25. The highest BCUT2D eigenvalue weighted by Crippen LogP contribution is 2.38. The zero-order chi connectivity index (χ0) is 15.7. The highest BCUT2D eigenvalue weighted by Gasteiger charge is 2.37. The predicted molar refractivity (Wildman–Crippen MR) is 85.6 cm³/mol. The van der Waals surface area contributed by atoms with Crippen molar-refractivity contribution in [3.8, 4) is 0 Å². The van der Waals surface area contributed by atoms with Gasteiger partial charge in [-0.3, -0.25) is 9.59 Å². The summed E-state index contributed by atoms with van der Waals surface area (Å²) in [5.74, 6) is -0.387. The first-order valence-electron chi connectivity index (χ1n) is 6.98. The standard InChI is InChI=1S/C17H15ClN2O2/c1-11(21)19-16-14-9-13(18)7-8-15(14)20(17(16)22)10-12-5-3-2-4-6-12/h2-9,16H,10H2,1H3,(H,19,21)/t16-/m0/s1. The van der Waals surface area contributed by atoms with Crippen molar-refractivity contribution in [2.24, 2.45) is 0 Å². The quantitative estimate of drug-likeness (QED) is 0.946. The summed E-state index contributed by atoms with van der Waals surface area (Å²) >= 11 is 6.04. The van der Waals surface area contributed by atoms with Crippen LogP contribution in [-0.4, -0.2) is 11.8 Å². The molecule has 1 N–H and O–H groups in total. The Balaban J connectivity index is 1.98. The van der Waals surface area contributed by atoms with Gasteiger partial charge < -0.3 is 10.2 Å². The van der Waals surface area contributed by atoms with Gasteiger partial charge in [0.1, 0.15) is 6.04 Å². The number of fused-ring (bicyclic) bond motifs is 1. The van der Waals surface area contributed by atoms with Crippen molar-refractivity contribution >= 4 is 29.1 Å². The molecule has 1 aliphatic rings. The van der Waals surface area contributed by atoms with Gasteiger partial charge in [-0.2, -0.15) is 0 Å². The second-order valence-corrected chi connectivity index (χ2v) is 5.68. The zero-order valence-electron chi connectivity index (χ0n) is 12.0. The van der Waals surface area contributed by atoms with E-state index in [1.165, 1.54) is 6.92 Å². The number of anilines is 1. The molecule has 0 fully saturated rings. The molecule has 0 bridgehead atoms. The number of carbonyl (C=O) groups excluding carboxylic acids is 2. The number of nitrogens with zero attached hydrogens (tertiary/aromatic N) is 1. The molecular weight excluding hydrogens is 300 g/mol. The van der Waals surface area contributed by atoms with E-state index in [2.05, 4.69) is 5.32 Å². The molecule has 2 aromatic carbocycles. The van der Waals surface area contributed by atoms with Gasteiger partial charge in [0.05, 0.1) is 6.54 Å². The van der Waals surface area contributed by atoms with Gasteiger partial charge in [0, 0.05) is 23.2 Å². The molecule has 2 aromatic rings. The molecule has 4 nitrogen and oxygen atoms in total. The van der Waals surface area contributed by atoms with Crippen molar-refractivity contribution in [2.75, 3.05) is 4.90 Å². The fourth-order valence-electron chi connectivity index (χ4n) is 2.68. The maximum Gasteiger partial charge on any atom is 0.254 e. The van der Waals surface area contributed by atoms with Crippen molar-refractivity contribution in [2.45, 2.75) is 19.5 Å². The third-order valence-electron chi connectivity index (χ3n) is 3.64. The third kappa shape index (κ3) is 2.70. The minimum absolute atomic E-state index is 0.142. The van der Waals surface area contributed by atoms with Crippen molar-refractivity contribution in [1.82, 2.24) is 5.32 Å². The smallest absolute Gasteiger partial charge is 0.254 e. The normalized spacial score (nSPS) is 16.5. The van der Waals surface area contributed by atoms with E-state index >= 15 is 0 Å². The van der Waals surface area contributed by atoms with E-state index in [0.29, 0.717) is 11.6 Å². The van der Waals surface area contributed by atoms with Crippen LogP contribution in [0.15, 0.2) is 48.5 Å². The number of amides is 2. The van der Waals surface area contributed by atoms with E-state index in [4.69, 9.17) is 11.6 Å². The number of carbonyl (C=O) groups is 2. The van der Waals surface area contributed by atoms with Gasteiger partial charge in [0.15, 0.2) is 0 Å². The van der Waals surface area contributed by atoms with Crippen LogP contribution in [0.25, 0.3) is 0 Å². The van der Waals surface area contributed by atoms with E-state index in [0.717, 1.165) is 16.8 Å². The SMILES string of the molecule is CC(=O)N[C@@H]1C(=O)N(Cc2ccccc2)c2ccc(Cl)cc21. The van der Waals surface area contributed by atoms with Gasteiger partial charge in [-0.25, -0.2) is 0 Å². The summed E-state index contributed by atoms with van der Waals surface area (Å²) in [5, 5.41) is 3.25. The predicted octanol–water partition coefficient (Wildman–Crippen LogP) is 3.06. The lowest BCUT2D eigenvalue weighted by molar-refractivity contribution is -0.126. The molecule has 2 amide bonds. The number of hydrogen-bond acceptors (Lipinski definition) is 2. The lowest BCUT2D eigenvalue weighted by Gasteiger charge is -2.18. The summed E-state index contributed by atoms with van der Waals surface area (Å²) in [5.41, 5.74) is 2.56. The van der Waals surface area contributed by atoms with E-state index in [-0.39, 0.29) is 11.8 Å². The number of benzene rings is 2. The number of nitrogens with one attached hydrogen (secondary N) is 1. The fraction of sp³-hybridized carbons (Fsp3) is 0.176. The maximum absolute atomic E-state index is 12.7. The molecular formula is C17H15ClN2O2. The molecule has 112 valence electrons. The molecule has 0 aromatic heterocycles.